The smallest absolute Gasteiger partial charge is 0.407 e. The summed E-state index contributed by atoms with van der Waals surface area (Å²) < 4.78 is 10.4. The molecular formula is C28H34ClN10O4+. The number of ether oxygens (including phenoxy) is 2. The average molecular weight is 610 g/mol. The van der Waals surface area contributed by atoms with Gasteiger partial charge in [0, 0.05) is 19.2 Å². The standard InChI is InChI=1S/C28H33ClN10O4/c1-5-33-39-15-23(37-24(39)10-18(12-31)13-34-39)35-20-8-17(11-30)9-21(25(20)29)38-7-6-19(36-28(41)42-4)22(14-38)43-27(40)26(32)16(2)3/h8-10,13,15-16,19,22,26,33,35H,5-7,14,32H2,1-4H3/p+1/t19-,22-,26?,39?/m1/s1. The Labute approximate surface area is 254 Å². The van der Waals surface area contributed by atoms with E-state index in [0.717, 1.165) is 0 Å². The molecule has 0 radical (unpaired) electrons. The van der Waals surface area contributed by atoms with Crippen LogP contribution >= 0.6 is 11.6 Å². The number of esters is 1. The highest BCUT2D eigenvalue weighted by atomic mass is 35.5. The number of fused-ring (bicyclic) bond motifs is 1. The Kier molecular flexibility index (Phi) is 9.68. The number of rotatable bonds is 9. The maximum absolute atomic E-state index is 12.8. The Balaban J connectivity index is 1.64. The van der Waals surface area contributed by atoms with Gasteiger partial charge in [0.15, 0.2) is 12.0 Å². The van der Waals surface area contributed by atoms with E-state index in [1.807, 2.05) is 25.7 Å². The number of benzene rings is 1. The number of nitrogens with one attached hydrogen (secondary N) is 3. The van der Waals surface area contributed by atoms with Crippen molar-refractivity contribution in [1.82, 2.24) is 10.7 Å². The van der Waals surface area contributed by atoms with E-state index in [1.165, 1.54) is 13.3 Å². The maximum atomic E-state index is 12.8. The highest BCUT2D eigenvalue weighted by Gasteiger charge is 2.41. The third kappa shape index (κ3) is 6.79. The number of hydrogen-bond acceptors (Lipinski definition) is 12. The Morgan fingerprint density at radius 2 is 2.07 bits per heavy atom. The molecule has 1 fully saturated rings. The Morgan fingerprint density at radius 1 is 1.30 bits per heavy atom. The quantitative estimate of drug-likeness (QED) is 0.239. The molecule has 1 aromatic carbocycles. The molecule has 3 aliphatic heterocycles. The summed E-state index contributed by atoms with van der Waals surface area (Å²) in [5.41, 5.74) is 10.9. The van der Waals surface area contributed by atoms with Gasteiger partial charge in [0.25, 0.3) is 5.84 Å². The number of alkyl carbamates (subject to hydrolysis) is 1. The van der Waals surface area contributed by atoms with Gasteiger partial charge in [-0.25, -0.2) is 4.79 Å². The molecule has 5 N–H and O–H groups in total. The average Bonchev–Trinajstić information content (AvgIpc) is 3.35. The molecule has 0 aliphatic carbocycles. The zero-order valence-corrected chi connectivity index (χ0v) is 25.1. The van der Waals surface area contributed by atoms with Crippen LogP contribution in [0, 0.1) is 28.6 Å². The summed E-state index contributed by atoms with van der Waals surface area (Å²) >= 11 is 6.92. The molecule has 1 aromatic rings. The molecule has 226 valence electrons. The third-order valence-corrected chi connectivity index (χ3v) is 7.57. The number of carbonyl (C=O) groups is 2. The molecule has 14 nitrogen and oxygen atoms in total. The zero-order valence-electron chi connectivity index (χ0n) is 24.3. The Bertz CT molecular complexity index is 1490. The first-order valence-corrected chi connectivity index (χ1v) is 14.1. The summed E-state index contributed by atoms with van der Waals surface area (Å²) in [7, 11) is 1.26. The molecule has 3 aliphatic rings. The predicted octanol–water partition coefficient (Wildman–Crippen LogP) is 2.46. The van der Waals surface area contributed by atoms with Gasteiger partial charge in [0.1, 0.15) is 24.4 Å². The molecular weight excluding hydrogens is 576 g/mol. The van der Waals surface area contributed by atoms with Gasteiger partial charge in [0.2, 0.25) is 0 Å². The van der Waals surface area contributed by atoms with Crippen molar-refractivity contribution in [1.29, 1.82) is 10.5 Å². The van der Waals surface area contributed by atoms with Crippen molar-refractivity contribution in [3.8, 4) is 12.1 Å². The van der Waals surface area contributed by atoms with Crippen LogP contribution in [-0.2, 0) is 14.3 Å². The van der Waals surface area contributed by atoms with E-state index >= 15 is 0 Å². The highest BCUT2D eigenvalue weighted by molar-refractivity contribution is 6.36. The molecule has 43 heavy (non-hydrogen) atoms. The van der Waals surface area contributed by atoms with E-state index in [-0.39, 0.29) is 17.2 Å². The van der Waals surface area contributed by atoms with E-state index < -0.39 is 30.3 Å². The van der Waals surface area contributed by atoms with Gasteiger partial charge in [-0.2, -0.15) is 15.5 Å². The van der Waals surface area contributed by atoms with Gasteiger partial charge in [-0.3, -0.25) is 4.79 Å². The minimum Gasteiger partial charge on any atom is -0.457 e. The minimum atomic E-state index is -0.840. The topological polar surface area (TPSA) is 190 Å². The van der Waals surface area contributed by atoms with Crippen LogP contribution in [0.15, 0.2) is 45.9 Å². The number of quaternary nitrogens is 1. The van der Waals surface area contributed by atoms with E-state index in [0.29, 0.717) is 58.7 Å². The van der Waals surface area contributed by atoms with Crippen LogP contribution in [0.2, 0.25) is 5.02 Å². The van der Waals surface area contributed by atoms with E-state index in [2.05, 4.69) is 38.3 Å². The number of amides is 1. The molecule has 0 aromatic heterocycles. The molecule has 2 unspecified atom stereocenters. The molecule has 15 heteroatoms. The molecule has 1 saturated heterocycles. The van der Waals surface area contributed by atoms with E-state index in [4.69, 9.17) is 26.8 Å². The van der Waals surface area contributed by atoms with Crippen LogP contribution in [0.1, 0.15) is 32.8 Å². The number of nitriles is 2. The fourth-order valence-electron chi connectivity index (χ4n) is 4.82. The van der Waals surface area contributed by atoms with Crippen molar-refractivity contribution in [3.63, 3.8) is 0 Å². The summed E-state index contributed by atoms with van der Waals surface area (Å²) in [6, 6.07) is 6.12. The Morgan fingerprint density at radius 3 is 2.72 bits per heavy atom. The van der Waals surface area contributed by atoms with Crippen LogP contribution in [-0.4, -0.2) is 73.7 Å². The minimum absolute atomic E-state index is 0.140. The van der Waals surface area contributed by atoms with Gasteiger partial charge >= 0.3 is 12.1 Å². The molecule has 3 heterocycles. The van der Waals surface area contributed by atoms with Crippen LogP contribution in [0.3, 0.4) is 0 Å². The lowest BCUT2D eigenvalue weighted by atomic mass is 9.99. The molecule has 1 amide bonds. The second-order valence-electron chi connectivity index (χ2n) is 10.5. The lowest BCUT2D eigenvalue weighted by molar-refractivity contribution is -0.840. The van der Waals surface area contributed by atoms with Crippen LogP contribution in [0.25, 0.3) is 0 Å². The maximum Gasteiger partial charge on any atom is 0.407 e. The number of amidine groups is 1. The summed E-state index contributed by atoms with van der Waals surface area (Å²) in [5, 5.41) is 29.9. The summed E-state index contributed by atoms with van der Waals surface area (Å²) in [6.07, 6.45) is 3.81. The van der Waals surface area contributed by atoms with Crippen LogP contribution in [0.5, 0.6) is 0 Å². The van der Waals surface area contributed by atoms with Crippen molar-refractivity contribution >= 4 is 47.1 Å². The van der Waals surface area contributed by atoms with Gasteiger partial charge in [-0.15, -0.1) is 5.43 Å². The van der Waals surface area contributed by atoms with Crippen molar-refractivity contribution < 1.29 is 23.8 Å². The molecule has 0 bridgehead atoms. The SMILES string of the molecule is CCN[N+]12C=C(Nc3cc(C#N)cc(N4CC[C@@H](NC(=O)OC)[C@H](OC(=O)C(N)C(C)C)C4)c3Cl)N=C1C=C(C#N)C=N2. The zero-order chi connectivity index (χ0) is 31.3. The third-order valence-electron chi connectivity index (χ3n) is 7.18. The molecule has 0 saturated carbocycles. The van der Waals surface area contributed by atoms with Gasteiger partial charge < -0.3 is 30.7 Å². The van der Waals surface area contributed by atoms with Gasteiger partial charge in [-0.05, 0) is 36.1 Å². The largest absolute Gasteiger partial charge is 0.457 e. The first kappa shape index (κ1) is 31.5. The summed E-state index contributed by atoms with van der Waals surface area (Å²) in [5.74, 6) is 0.155. The van der Waals surface area contributed by atoms with Crippen LogP contribution in [0.4, 0.5) is 16.2 Å². The van der Waals surface area contributed by atoms with E-state index in [9.17, 15) is 20.1 Å². The monoisotopic (exact) mass is 609 g/mol. The normalized spacial score (nSPS) is 23.2. The number of halogens is 1. The van der Waals surface area contributed by atoms with Crippen LogP contribution < -0.4 is 26.7 Å². The lowest BCUT2D eigenvalue weighted by Crippen LogP contribution is -2.57. The van der Waals surface area contributed by atoms with Crippen molar-refractivity contribution in [2.24, 2.45) is 21.7 Å². The number of hydrogen-bond donors (Lipinski definition) is 4. The number of piperidine rings is 1. The fourth-order valence-corrected chi connectivity index (χ4v) is 5.09. The molecule has 0 spiro atoms. The number of nitrogens with two attached hydrogens (primary N) is 1. The second-order valence-corrected chi connectivity index (χ2v) is 10.8. The number of methoxy groups -OCH3 is 1. The Hall–Kier alpha value is -4.47. The highest BCUT2D eigenvalue weighted by Crippen LogP contribution is 2.38. The van der Waals surface area contributed by atoms with E-state index in [1.54, 1.807) is 24.4 Å². The first-order valence-electron chi connectivity index (χ1n) is 13.7. The number of nitrogens with zero attached hydrogens (tertiary/aromatic N) is 6. The summed E-state index contributed by atoms with van der Waals surface area (Å²) in [4.78, 5) is 31.3. The fraction of sp³-hybridized carbons (Fsp3) is 0.429. The first-order chi connectivity index (χ1) is 20.5. The molecule has 4 rings (SSSR count). The van der Waals surface area contributed by atoms with Crippen molar-refractivity contribution in [3.05, 3.63) is 46.4 Å². The van der Waals surface area contributed by atoms with Gasteiger partial charge in [-0.1, -0.05) is 30.5 Å². The van der Waals surface area contributed by atoms with Crippen molar-refractivity contribution in [2.75, 3.05) is 37.0 Å². The predicted molar refractivity (Wildman–Crippen MR) is 160 cm³/mol. The second kappa shape index (κ2) is 13.2. The number of carbonyl (C=O) groups excluding carboxylic acids is 2. The summed E-state index contributed by atoms with van der Waals surface area (Å²) in [6.45, 7) is 6.71. The number of allylic oxidation sites excluding steroid dienone is 1. The van der Waals surface area contributed by atoms with Crippen molar-refractivity contribution in [2.45, 2.75) is 45.4 Å². The number of aliphatic imine (C=N–C) groups is 1. The number of anilines is 2. The lowest BCUT2D eigenvalue weighted by Gasteiger charge is -2.40. The van der Waals surface area contributed by atoms with Gasteiger partial charge in [0.05, 0.1) is 53.3 Å². The molecule has 4 atom stereocenters.